The molecule has 0 aromatic heterocycles. The lowest BCUT2D eigenvalue weighted by atomic mass is 9.92. The molecule has 0 fully saturated rings. The van der Waals surface area contributed by atoms with Gasteiger partial charge in [-0.25, -0.2) is 0 Å². The zero-order chi connectivity index (χ0) is 13.8. The molecular weight excluding hydrogens is 324 g/mol. The maximum Gasteiger partial charge on any atom is 0.0502 e. The maximum atomic E-state index is 9.62. The van der Waals surface area contributed by atoms with Crippen molar-refractivity contribution in [3.8, 4) is 0 Å². The zero-order valence-corrected chi connectivity index (χ0v) is 13.1. The van der Waals surface area contributed by atoms with Crippen molar-refractivity contribution in [2.75, 3.05) is 6.61 Å². The molecule has 2 aromatic rings. The first-order valence-corrected chi connectivity index (χ1v) is 7.38. The van der Waals surface area contributed by atoms with Gasteiger partial charge in [-0.05, 0) is 48.2 Å². The predicted octanol–water partition coefficient (Wildman–Crippen LogP) is 4.73. The Hall–Kier alpha value is -0.830. The summed E-state index contributed by atoms with van der Waals surface area (Å²) < 4.78 is 1.03. The molecule has 1 atom stereocenters. The van der Waals surface area contributed by atoms with Crippen molar-refractivity contribution in [3.63, 3.8) is 0 Å². The summed E-state index contributed by atoms with van der Waals surface area (Å²) >= 11 is 9.72. The van der Waals surface area contributed by atoms with Gasteiger partial charge in [0, 0.05) is 15.4 Å². The Balaban J connectivity index is 2.24. The van der Waals surface area contributed by atoms with Crippen LogP contribution in [-0.2, 0) is 6.42 Å². The number of hydrogen-bond donors (Lipinski definition) is 1. The van der Waals surface area contributed by atoms with Crippen LogP contribution in [0.5, 0.6) is 0 Å². The van der Waals surface area contributed by atoms with Gasteiger partial charge in [-0.2, -0.15) is 0 Å². The van der Waals surface area contributed by atoms with E-state index < -0.39 is 0 Å². The van der Waals surface area contributed by atoms with Gasteiger partial charge in [0.25, 0.3) is 0 Å². The fourth-order valence-electron chi connectivity index (χ4n) is 2.13. The lowest BCUT2D eigenvalue weighted by molar-refractivity contribution is 0.264. The van der Waals surface area contributed by atoms with Crippen molar-refractivity contribution >= 4 is 27.5 Å². The van der Waals surface area contributed by atoms with Gasteiger partial charge in [0.1, 0.15) is 0 Å². The number of hydrogen-bond acceptors (Lipinski definition) is 1. The largest absolute Gasteiger partial charge is 0.396 e. The van der Waals surface area contributed by atoms with Crippen LogP contribution in [0.25, 0.3) is 0 Å². The van der Waals surface area contributed by atoms with Crippen LogP contribution < -0.4 is 0 Å². The van der Waals surface area contributed by atoms with Crippen molar-refractivity contribution < 1.29 is 5.11 Å². The smallest absolute Gasteiger partial charge is 0.0502 e. The number of aliphatic hydroxyl groups excluding tert-OH is 1. The van der Waals surface area contributed by atoms with E-state index in [9.17, 15) is 5.11 Å². The van der Waals surface area contributed by atoms with Crippen LogP contribution in [0.4, 0.5) is 0 Å². The van der Waals surface area contributed by atoms with Crippen molar-refractivity contribution in [3.05, 3.63) is 68.7 Å². The van der Waals surface area contributed by atoms with E-state index in [1.807, 2.05) is 43.3 Å². The van der Waals surface area contributed by atoms with Crippen LogP contribution in [0, 0.1) is 6.92 Å². The van der Waals surface area contributed by atoms with E-state index in [1.54, 1.807) is 0 Å². The molecule has 3 heteroatoms. The lowest BCUT2D eigenvalue weighted by Crippen LogP contribution is -2.08. The molecule has 0 spiro atoms. The highest BCUT2D eigenvalue weighted by molar-refractivity contribution is 9.10. The van der Waals surface area contributed by atoms with Crippen LogP contribution in [-0.4, -0.2) is 11.7 Å². The fraction of sp³-hybridized carbons (Fsp3) is 0.250. The Morgan fingerprint density at radius 3 is 2.63 bits per heavy atom. The molecule has 2 rings (SSSR count). The van der Waals surface area contributed by atoms with Gasteiger partial charge in [0.05, 0.1) is 6.61 Å². The Morgan fingerprint density at radius 2 is 2.00 bits per heavy atom. The van der Waals surface area contributed by atoms with Crippen LogP contribution in [0.1, 0.15) is 22.6 Å². The van der Waals surface area contributed by atoms with E-state index in [4.69, 9.17) is 11.6 Å². The van der Waals surface area contributed by atoms with Crippen LogP contribution in [0.2, 0.25) is 5.02 Å². The molecule has 0 heterocycles. The van der Waals surface area contributed by atoms with Crippen molar-refractivity contribution in [2.45, 2.75) is 19.3 Å². The highest BCUT2D eigenvalue weighted by Crippen LogP contribution is 2.27. The molecule has 2 aromatic carbocycles. The highest BCUT2D eigenvalue weighted by Gasteiger charge is 2.13. The topological polar surface area (TPSA) is 20.2 Å². The third-order valence-electron chi connectivity index (χ3n) is 3.22. The van der Waals surface area contributed by atoms with Gasteiger partial charge in [0.15, 0.2) is 0 Å². The molecule has 1 N–H and O–H groups in total. The molecule has 0 bridgehead atoms. The minimum atomic E-state index is 0.0673. The second kappa shape index (κ2) is 6.56. The summed E-state index contributed by atoms with van der Waals surface area (Å²) in [4.78, 5) is 0. The van der Waals surface area contributed by atoms with E-state index >= 15 is 0 Å². The van der Waals surface area contributed by atoms with E-state index in [0.717, 1.165) is 32.6 Å². The van der Waals surface area contributed by atoms with Crippen molar-refractivity contribution in [1.82, 2.24) is 0 Å². The second-order valence-corrected chi connectivity index (χ2v) is 6.06. The first-order chi connectivity index (χ1) is 9.10. The fourth-order valence-corrected chi connectivity index (χ4v) is 2.86. The monoisotopic (exact) mass is 338 g/mol. The van der Waals surface area contributed by atoms with Crippen LogP contribution in [0.3, 0.4) is 0 Å². The van der Waals surface area contributed by atoms with E-state index in [-0.39, 0.29) is 12.5 Å². The van der Waals surface area contributed by atoms with E-state index in [2.05, 4.69) is 22.0 Å². The average Bonchev–Trinajstić information content (AvgIpc) is 2.38. The minimum absolute atomic E-state index is 0.0673. The highest BCUT2D eigenvalue weighted by atomic mass is 79.9. The first-order valence-electron chi connectivity index (χ1n) is 6.21. The number of aryl methyl sites for hydroxylation is 1. The Labute approximate surface area is 127 Å². The summed E-state index contributed by atoms with van der Waals surface area (Å²) in [7, 11) is 0. The van der Waals surface area contributed by atoms with Gasteiger partial charge >= 0.3 is 0 Å². The van der Waals surface area contributed by atoms with Gasteiger partial charge in [-0.1, -0.05) is 51.8 Å². The second-order valence-electron chi connectivity index (χ2n) is 4.73. The molecular formula is C16H16BrClO. The Kier molecular flexibility index (Phi) is 5.03. The average molecular weight is 340 g/mol. The number of benzene rings is 2. The summed E-state index contributed by atoms with van der Waals surface area (Å²) in [6.07, 6.45) is 0.742. The number of halogens is 2. The Bertz CT molecular complexity index is 568. The molecule has 0 aliphatic rings. The van der Waals surface area contributed by atoms with E-state index in [1.165, 1.54) is 0 Å². The first kappa shape index (κ1) is 14.6. The minimum Gasteiger partial charge on any atom is -0.396 e. The molecule has 19 heavy (non-hydrogen) atoms. The summed E-state index contributed by atoms with van der Waals surface area (Å²) in [5, 5.41) is 10.4. The molecule has 0 aliphatic carbocycles. The summed E-state index contributed by atoms with van der Waals surface area (Å²) in [6, 6.07) is 14.1. The quantitative estimate of drug-likeness (QED) is 0.854. The van der Waals surface area contributed by atoms with Gasteiger partial charge in [-0.3, -0.25) is 0 Å². The molecule has 1 nitrogen and oxygen atoms in total. The molecule has 0 radical (unpaired) electrons. The SMILES string of the molecule is Cc1ccc(CC(CO)c2cccc(Br)c2)c(Cl)c1. The number of rotatable bonds is 4. The van der Waals surface area contributed by atoms with Crippen molar-refractivity contribution in [2.24, 2.45) is 0 Å². The van der Waals surface area contributed by atoms with Gasteiger partial charge in [0.2, 0.25) is 0 Å². The maximum absolute atomic E-state index is 9.62. The van der Waals surface area contributed by atoms with Gasteiger partial charge < -0.3 is 5.11 Å². The molecule has 0 aliphatic heterocycles. The molecule has 0 saturated heterocycles. The normalized spacial score (nSPS) is 12.4. The molecule has 0 amide bonds. The standard InChI is InChI=1S/C16H16BrClO/c1-11-5-6-13(16(18)7-11)8-14(10-19)12-3-2-4-15(17)9-12/h2-7,9,14,19H,8,10H2,1H3. The van der Waals surface area contributed by atoms with Crippen LogP contribution >= 0.6 is 27.5 Å². The molecule has 100 valence electrons. The predicted molar refractivity (Wildman–Crippen MR) is 83.9 cm³/mol. The molecule has 1 unspecified atom stereocenters. The third kappa shape index (κ3) is 3.82. The van der Waals surface area contributed by atoms with E-state index in [0.29, 0.717) is 0 Å². The lowest BCUT2D eigenvalue weighted by Gasteiger charge is -2.16. The summed E-state index contributed by atoms with van der Waals surface area (Å²) in [5.74, 6) is 0.0673. The zero-order valence-electron chi connectivity index (χ0n) is 10.7. The van der Waals surface area contributed by atoms with Crippen molar-refractivity contribution in [1.29, 1.82) is 0 Å². The molecule has 0 saturated carbocycles. The summed E-state index contributed by atoms with van der Waals surface area (Å²) in [6.45, 7) is 2.13. The van der Waals surface area contributed by atoms with Gasteiger partial charge in [-0.15, -0.1) is 0 Å². The summed E-state index contributed by atoms with van der Waals surface area (Å²) in [5.41, 5.74) is 3.34. The number of aliphatic hydroxyl groups is 1. The van der Waals surface area contributed by atoms with Crippen LogP contribution in [0.15, 0.2) is 46.9 Å². The third-order valence-corrected chi connectivity index (χ3v) is 4.06. The Morgan fingerprint density at radius 1 is 1.21 bits per heavy atom.